The first-order valence-electron chi connectivity index (χ1n) is 9.79. The van der Waals surface area contributed by atoms with Crippen LogP contribution in [-0.2, 0) is 4.74 Å². The summed E-state index contributed by atoms with van der Waals surface area (Å²) >= 11 is 0. The van der Waals surface area contributed by atoms with E-state index in [0.29, 0.717) is 6.04 Å². The van der Waals surface area contributed by atoms with E-state index in [9.17, 15) is 0 Å². The molecule has 0 bridgehead atoms. The van der Waals surface area contributed by atoms with Gasteiger partial charge in [0.2, 0.25) is 0 Å². The van der Waals surface area contributed by atoms with Gasteiger partial charge in [0.1, 0.15) is 0 Å². The van der Waals surface area contributed by atoms with Crippen molar-refractivity contribution in [2.45, 2.75) is 39.7 Å². The first-order chi connectivity index (χ1) is 11.7. The van der Waals surface area contributed by atoms with Gasteiger partial charge in [-0.15, -0.1) is 24.0 Å². The van der Waals surface area contributed by atoms with Crippen LogP contribution in [0.4, 0.5) is 0 Å². The van der Waals surface area contributed by atoms with Crippen molar-refractivity contribution in [1.82, 2.24) is 20.4 Å². The Kier molecular flexibility index (Phi) is 12.0. The van der Waals surface area contributed by atoms with Crippen LogP contribution in [0.3, 0.4) is 0 Å². The van der Waals surface area contributed by atoms with Crippen molar-refractivity contribution in [3.63, 3.8) is 0 Å². The summed E-state index contributed by atoms with van der Waals surface area (Å²) in [5.74, 6) is 1.70. The normalized spacial score (nSPS) is 24.4. The molecule has 2 aliphatic heterocycles. The van der Waals surface area contributed by atoms with E-state index in [-0.39, 0.29) is 24.0 Å². The maximum absolute atomic E-state index is 5.43. The van der Waals surface area contributed by atoms with E-state index in [0.717, 1.165) is 57.8 Å². The van der Waals surface area contributed by atoms with E-state index < -0.39 is 0 Å². The second-order valence-electron chi connectivity index (χ2n) is 7.00. The Balaban J connectivity index is 0.00000312. The highest BCUT2D eigenvalue weighted by atomic mass is 127. The number of likely N-dealkylation sites (tertiary alicyclic amines) is 1. The van der Waals surface area contributed by atoms with E-state index in [1.165, 1.54) is 32.5 Å². The molecular formula is C18H38IN5O. The smallest absolute Gasteiger partial charge is 0.191 e. The summed E-state index contributed by atoms with van der Waals surface area (Å²) in [5.41, 5.74) is 0. The summed E-state index contributed by atoms with van der Waals surface area (Å²) in [4.78, 5) is 9.84. The van der Waals surface area contributed by atoms with Gasteiger partial charge in [0.15, 0.2) is 5.96 Å². The Morgan fingerprint density at radius 1 is 1.20 bits per heavy atom. The van der Waals surface area contributed by atoms with Crippen molar-refractivity contribution in [2.75, 3.05) is 65.6 Å². The molecular weight excluding hydrogens is 429 g/mol. The molecule has 2 saturated heterocycles. The van der Waals surface area contributed by atoms with Crippen LogP contribution in [0.15, 0.2) is 4.99 Å². The molecule has 0 amide bonds. The molecule has 0 aromatic heterocycles. The SMILES string of the molecule is CCNC(=NCC(C)N1CCOCC1)NCC1CCCN(CC)C1.I. The highest BCUT2D eigenvalue weighted by Gasteiger charge is 2.19. The van der Waals surface area contributed by atoms with Crippen molar-refractivity contribution in [3.05, 3.63) is 0 Å². The number of piperidine rings is 1. The molecule has 2 rings (SSSR count). The Morgan fingerprint density at radius 3 is 2.64 bits per heavy atom. The number of aliphatic imine (C=N–C) groups is 1. The predicted molar refractivity (Wildman–Crippen MR) is 116 cm³/mol. The van der Waals surface area contributed by atoms with Gasteiger partial charge in [0, 0.05) is 38.8 Å². The highest BCUT2D eigenvalue weighted by molar-refractivity contribution is 14.0. The van der Waals surface area contributed by atoms with Gasteiger partial charge in [0.25, 0.3) is 0 Å². The maximum Gasteiger partial charge on any atom is 0.191 e. The van der Waals surface area contributed by atoms with Gasteiger partial charge in [-0.2, -0.15) is 0 Å². The lowest BCUT2D eigenvalue weighted by Gasteiger charge is -2.32. The minimum atomic E-state index is 0. The number of halogens is 1. The largest absolute Gasteiger partial charge is 0.379 e. The van der Waals surface area contributed by atoms with Crippen LogP contribution in [0.1, 0.15) is 33.6 Å². The third kappa shape index (κ3) is 8.41. The van der Waals surface area contributed by atoms with E-state index in [2.05, 4.69) is 41.2 Å². The van der Waals surface area contributed by atoms with Gasteiger partial charge in [-0.3, -0.25) is 9.89 Å². The van der Waals surface area contributed by atoms with Gasteiger partial charge < -0.3 is 20.3 Å². The number of ether oxygens (including phenoxy) is 1. The molecule has 0 aromatic carbocycles. The molecule has 2 heterocycles. The summed E-state index contributed by atoms with van der Waals surface area (Å²) in [6.45, 7) is 16.8. The number of rotatable bonds is 7. The molecule has 0 spiro atoms. The topological polar surface area (TPSA) is 52.1 Å². The standard InChI is InChI=1S/C18H37N5O.HI/c1-4-19-18(20-13-16(3)23-9-11-24-12-10-23)21-14-17-7-6-8-22(5-2)15-17;/h16-17H,4-15H2,1-3H3,(H2,19,20,21);1H. The third-order valence-electron chi connectivity index (χ3n) is 5.14. The molecule has 7 heteroatoms. The highest BCUT2D eigenvalue weighted by Crippen LogP contribution is 2.15. The van der Waals surface area contributed by atoms with Crippen LogP contribution in [0.5, 0.6) is 0 Å². The van der Waals surface area contributed by atoms with Crippen molar-refractivity contribution >= 4 is 29.9 Å². The van der Waals surface area contributed by atoms with E-state index in [1.807, 2.05) is 0 Å². The van der Waals surface area contributed by atoms with Crippen LogP contribution < -0.4 is 10.6 Å². The minimum absolute atomic E-state index is 0. The quantitative estimate of drug-likeness (QED) is 0.339. The average Bonchev–Trinajstić information content (AvgIpc) is 2.64. The fourth-order valence-corrected chi connectivity index (χ4v) is 3.54. The van der Waals surface area contributed by atoms with E-state index in [4.69, 9.17) is 9.73 Å². The van der Waals surface area contributed by atoms with E-state index >= 15 is 0 Å². The van der Waals surface area contributed by atoms with Gasteiger partial charge in [-0.05, 0) is 45.7 Å². The number of hydrogen-bond donors (Lipinski definition) is 2. The summed E-state index contributed by atoms with van der Waals surface area (Å²) in [6, 6.07) is 0.467. The number of nitrogens with zero attached hydrogens (tertiary/aromatic N) is 3. The second-order valence-corrected chi connectivity index (χ2v) is 7.00. The van der Waals surface area contributed by atoms with Crippen LogP contribution in [0.25, 0.3) is 0 Å². The van der Waals surface area contributed by atoms with Crippen molar-refractivity contribution in [3.8, 4) is 0 Å². The summed E-state index contributed by atoms with van der Waals surface area (Å²) in [5, 5.41) is 6.95. The van der Waals surface area contributed by atoms with Crippen LogP contribution in [0, 0.1) is 5.92 Å². The minimum Gasteiger partial charge on any atom is -0.379 e. The maximum atomic E-state index is 5.43. The lowest BCUT2D eigenvalue weighted by Crippen LogP contribution is -2.46. The van der Waals surface area contributed by atoms with Gasteiger partial charge in [-0.25, -0.2) is 0 Å². The molecule has 148 valence electrons. The number of guanidine groups is 1. The Labute approximate surface area is 171 Å². The summed E-state index contributed by atoms with van der Waals surface area (Å²) in [7, 11) is 0. The van der Waals surface area contributed by atoms with Crippen molar-refractivity contribution < 1.29 is 4.74 Å². The van der Waals surface area contributed by atoms with Gasteiger partial charge >= 0.3 is 0 Å². The van der Waals surface area contributed by atoms with Crippen molar-refractivity contribution in [1.29, 1.82) is 0 Å². The first-order valence-corrected chi connectivity index (χ1v) is 9.79. The molecule has 25 heavy (non-hydrogen) atoms. The fourth-order valence-electron chi connectivity index (χ4n) is 3.54. The van der Waals surface area contributed by atoms with E-state index in [1.54, 1.807) is 0 Å². The summed E-state index contributed by atoms with van der Waals surface area (Å²) in [6.07, 6.45) is 2.65. The molecule has 2 unspecified atom stereocenters. The number of nitrogens with one attached hydrogen (secondary N) is 2. The Hall–Kier alpha value is -0.120. The monoisotopic (exact) mass is 467 g/mol. The molecule has 0 saturated carbocycles. The third-order valence-corrected chi connectivity index (χ3v) is 5.14. The zero-order chi connectivity index (χ0) is 17.2. The molecule has 2 aliphatic rings. The van der Waals surface area contributed by atoms with Crippen LogP contribution in [-0.4, -0.2) is 87.4 Å². The molecule has 2 N–H and O–H groups in total. The number of morpholine rings is 1. The second kappa shape index (κ2) is 13.1. The molecule has 2 atom stereocenters. The Morgan fingerprint density at radius 2 is 1.96 bits per heavy atom. The lowest BCUT2D eigenvalue weighted by atomic mass is 9.98. The lowest BCUT2D eigenvalue weighted by molar-refractivity contribution is 0.0220. The van der Waals surface area contributed by atoms with Gasteiger partial charge in [0.05, 0.1) is 19.8 Å². The molecule has 6 nitrogen and oxygen atoms in total. The average molecular weight is 467 g/mol. The fraction of sp³-hybridized carbons (Fsp3) is 0.944. The molecule has 0 radical (unpaired) electrons. The molecule has 0 aromatic rings. The number of hydrogen-bond acceptors (Lipinski definition) is 4. The van der Waals surface area contributed by atoms with Crippen LogP contribution >= 0.6 is 24.0 Å². The summed E-state index contributed by atoms with van der Waals surface area (Å²) < 4.78 is 5.43. The van der Waals surface area contributed by atoms with Crippen LogP contribution in [0.2, 0.25) is 0 Å². The molecule has 2 fully saturated rings. The van der Waals surface area contributed by atoms with Crippen molar-refractivity contribution in [2.24, 2.45) is 10.9 Å². The Bertz CT molecular complexity index is 376. The first kappa shape index (κ1) is 22.9. The predicted octanol–water partition coefficient (Wildman–Crippen LogP) is 1.61. The zero-order valence-corrected chi connectivity index (χ0v) is 18.6. The molecule has 0 aliphatic carbocycles. The zero-order valence-electron chi connectivity index (χ0n) is 16.3. The van der Waals surface area contributed by atoms with Gasteiger partial charge in [-0.1, -0.05) is 6.92 Å².